The minimum Gasteiger partial charge on any atom is -0.370 e. The molecule has 0 radical (unpaired) electrons. The Hall–Kier alpha value is -0.870. The van der Waals surface area contributed by atoms with Gasteiger partial charge in [-0.15, -0.1) is 0 Å². The van der Waals surface area contributed by atoms with Crippen LogP contribution in [-0.4, -0.2) is 28.5 Å². The van der Waals surface area contributed by atoms with E-state index in [1.807, 2.05) is 13.2 Å². The number of nitrogens with zero attached hydrogens (tertiary/aromatic N) is 2. The smallest absolute Gasteiger partial charge is 0.0779 e. The number of aromatic nitrogens is 2. The Bertz CT molecular complexity index is 384. The average Bonchev–Trinajstić information content (AvgIpc) is 2.76. The van der Waals surface area contributed by atoms with Gasteiger partial charge in [0.05, 0.1) is 24.4 Å². The van der Waals surface area contributed by atoms with Crippen molar-refractivity contribution in [2.45, 2.75) is 58.4 Å². The van der Waals surface area contributed by atoms with Crippen LogP contribution in [0.5, 0.6) is 0 Å². The molecule has 1 aliphatic rings. The fraction of sp³-hybridized carbons (Fsp3) is 0.769. The number of ether oxygens (including phenoxy) is 1. The van der Waals surface area contributed by atoms with E-state index in [4.69, 9.17) is 4.74 Å². The van der Waals surface area contributed by atoms with Gasteiger partial charge in [-0.2, -0.15) is 5.10 Å². The third-order valence-electron chi connectivity index (χ3n) is 3.50. The fourth-order valence-electron chi connectivity index (χ4n) is 2.43. The molecular formula is C13H23N3O. The zero-order valence-corrected chi connectivity index (χ0v) is 11.3. The molecule has 1 atom stereocenters. The van der Waals surface area contributed by atoms with Gasteiger partial charge in [-0.25, -0.2) is 0 Å². The Labute approximate surface area is 103 Å². The van der Waals surface area contributed by atoms with Crippen molar-refractivity contribution in [1.82, 2.24) is 15.1 Å². The van der Waals surface area contributed by atoms with E-state index >= 15 is 0 Å². The average molecular weight is 237 g/mol. The third-order valence-corrected chi connectivity index (χ3v) is 3.50. The van der Waals surface area contributed by atoms with E-state index in [0.29, 0.717) is 6.10 Å². The Morgan fingerprint density at radius 1 is 1.59 bits per heavy atom. The SMILES string of the molecule is CNCc1cnn(CC2CCC(C)(C)O2)c1C. The predicted molar refractivity (Wildman–Crippen MR) is 67.9 cm³/mol. The first-order valence-electron chi connectivity index (χ1n) is 6.35. The molecule has 0 saturated carbocycles. The molecule has 1 unspecified atom stereocenters. The van der Waals surface area contributed by atoms with Crippen LogP contribution in [0.3, 0.4) is 0 Å². The molecule has 96 valence electrons. The van der Waals surface area contributed by atoms with E-state index in [9.17, 15) is 0 Å². The van der Waals surface area contributed by atoms with Crippen LogP contribution in [0, 0.1) is 6.92 Å². The quantitative estimate of drug-likeness (QED) is 0.869. The first kappa shape index (κ1) is 12.6. The Morgan fingerprint density at radius 3 is 2.94 bits per heavy atom. The molecule has 1 N–H and O–H groups in total. The molecule has 0 spiro atoms. The van der Waals surface area contributed by atoms with Crippen LogP contribution in [0.2, 0.25) is 0 Å². The summed E-state index contributed by atoms with van der Waals surface area (Å²) in [5.41, 5.74) is 2.55. The highest BCUT2D eigenvalue weighted by molar-refractivity contribution is 5.15. The monoisotopic (exact) mass is 237 g/mol. The summed E-state index contributed by atoms with van der Waals surface area (Å²) in [4.78, 5) is 0. The lowest BCUT2D eigenvalue weighted by Crippen LogP contribution is -2.23. The van der Waals surface area contributed by atoms with Gasteiger partial charge >= 0.3 is 0 Å². The van der Waals surface area contributed by atoms with E-state index in [2.05, 4.69) is 35.9 Å². The standard InChI is InChI=1S/C13H23N3O/c1-10-11(7-14-4)8-15-16(10)9-12-5-6-13(2,3)17-12/h8,12,14H,5-7,9H2,1-4H3. The highest BCUT2D eigenvalue weighted by Gasteiger charge is 2.32. The number of hydrogen-bond acceptors (Lipinski definition) is 3. The van der Waals surface area contributed by atoms with Crippen molar-refractivity contribution in [3.05, 3.63) is 17.5 Å². The van der Waals surface area contributed by atoms with Crippen molar-refractivity contribution in [3.8, 4) is 0 Å². The molecule has 2 rings (SSSR count). The molecule has 1 aromatic heterocycles. The molecule has 0 aromatic carbocycles. The molecule has 0 amide bonds. The first-order chi connectivity index (χ1) is 8.02. The second-order valence-corrected chi connectivity index (χ2v) is 5.51. The second-order valence-electron chi connectivity index (χ2n) is 5.51. The second kappa shape index (κ2) is 4.78. The maximum Gasteiger partial charge on any atom is 0.0779 e. The Morgan fingerprint density at radius 2 is 2.35 bits per heavy atom. The minimum atomic E-state index is 0.0412. The number of hydrogen-bond donors (Lipinski definition) is 1. The summed E-state index contributed by atoms with van der Waals surface area (Å²) in [5, 5.41) is 7.60. The van der Waals surface area contributed by atoms with Crippen molar-refractivity contribution in [2.24, 2.45) is 0 Å². The maximum atomic E-state index is 6.00. The summed E-state index contributed by atoms with van der Waals surface area (Å²) in [5.74, 6) is 0. The lowest BCUT2D eigenvalue weighted by molar-refractivity contribution is -0.0232. The van der Waals surface area contributed by atoms with Crippen LogP contribution in [0.15, 0.2) is 6.20 Å². The van der Waals surface area contributed by atoms with Crippen LogP contribution in [0.1, 0.15) is 37.9 Å². The van der Waals surface area contributed by atoms with Gasteiger partial charge in [0, 0.05) is 17.8 Å². The summed E-state index contributed by atoms with van der Waals surface area (Å²) in [7, 11) is 1.96. The molecule has 0 bridgehead atoms. The van der Waals surface area contributed by atoms with Gasteiger partial charge in [0.15, 0.2) is 0 Å². The van der Waals surface area contributed by atoms with Crippen LogP contribution in [0.4, 0.5) is 0 Å². The normalized spacial score (nSPS) is 23.2. The first-order valence-corrected chi connectivity index (χ1v) is 6.35. The van der Waals surface area contributed by atoms with Gasteiger partial charge in [-0.05, 0) is 40.7 Å². The summed E-state index contributed by atoms with van der Waals surface area (Å²) in [6.45, 7) is 8.20. The van der Waals surface area contributed by atoms with E-state index in [0.717, 1.165) is 25.9 Å². The van der Waals surface area contributed by atoms with Crippen molar-refractivity contribution < 1.29 is 4.74 Å². The Balaban J connectivity index is 2.00. The van der Waals surface area contributed by atoms with E-state index in [-0.39, 0.29) is 5.60 Å². The van der Waals surface area contributed by atoms with Crippen LogP contribution >= 0.6 is 0 Å². The van der Waals surface area contributed by atoms with E-state index in [1.54, 1.807) is 0 Å². The summed E-state index contributed by atoms with van der Waals surface area (Å²) in [6.07, 6.45) is 4.53. The molecule has 2 heterocycles. The fourth-order valence-corrected chi connectivity index (χ4v) is 2.43. The highest BCUT2D eigenvalue weighted by Crippen LogP contribution is 2.30. The zero-order valence-electron chi connectivity index (χ0n) is 11.3. The molecular weight excluding hydrogens is 214 g/mol. The molecule has 0 aliphatic carbocycles. The van der Waals surface area contributed by atoms with Crippen molar-refractivity contribution >= 4 is 0 Å². The molecule has 17 heavy (non-hydrogen) atoms. The predicted octanol–water partition coefficient (Wildman–Crippen LogP) is 1.87. The molecule has 1 aliphatic heterocycles. The minimum absolute atomic E-state index is 0.0412. The van der Waals surface area contributed by atoms with Crippen molar-refractivity contribution in [1.29, 1.82) is 0 Å². The molecule has 1 saturated heterocycles. The van der Waals surface area contributed by atoms with Gasteiger partial charge in [0.1, 0.15) is 0 Å². The zero-order chi connectivity index (χ0) is 12.5. The number of nitrogens with one attached hydrogen (secondary N) is 1. The van der Waals surface area contributed by atoms with Crippen molar-refractivity contribution in [3.63, 3.8) is 0 Å². The van der Waals surface area contributed by atoms with Crippen LogP contribution in [-0.2, 0) is 17.8 Å². The molecule has 4 heteroatoms. The summed E-state index contributed by atoms with van der Waals surface area (Å²) >= 11 is 0. The lowest BCUT2D eigenvalue weighted by Gasteiger charge is -2.19. The Kier molecular flexibility index (Phi) is 3.54. The van der Waals surface area contributed by atoms with Gasteiger partial charge in [-0.1, -0.05) is 0 Å². The van der Waals surface area contributed by atoms with Gasteiger partial charge in [0.2, 0.25) is 0 Å². The molecule has 1 aromatic rings. The van der Waals surface area contributed by atoms with E-state index in [1.165, 1.54) is 11.3 Å². The largest absolute Gasteiger partial charge is 0.370 e. The van der Waals surface area contributed by atoms with Crippen LogP contribution < -0.4 is 5.32 Å². The molecule has 1 fully saturated rings. The number of rotatable bonds is 4. The summed E-state index contributed by atoms with van der Waals surface area (Å²) in [6, 6.07) is 0. The van der Waals surface area contributed by atoms with Crippen LogP contribution in [0.25, 0.3) is 0 Å². The summed E-state index contributed by atoms with van der Waals surface area (Å²) < 4.78 is 8.07. The van der Waals surface area contributed by atoms with Gasteiger partial charge in [0.25, 0.3) is 0 Å². The lowest BCUT2D eigenvalue weighted by atomic mass is 10.1. The van der Waals surface area contributed by atoms with E-state index < -0.39 is 0 Å². The van der Waals surface area contributed by atoms with Crippen molar-refractivity contribution in [2.75, 3.05) is 7.05 Å². The maximum absolute atomic E-state index is 6.00. The highest BCUT2D eigenvalue weighted by atomic mass is 16.5. The third kappa shape index (κ3) is 2.87. The van der Waals surface area contributed by atoms with Gasteiger partial charge in [-0.3, -0.25) is 4.68 Å². The molecule has 4 nitrogen and oxygen atoms in total. The van der Waals surface area contributed by atoms with Gasteiger partial charge < -0.3 is 10.1 Å². The topological polar surface area (TPSA) is 39.1 Å².